The van der Waals surface area contributed by atoms with Gasteiger partial charge in [-0.3, -0.25) is 0 Å². The van der Waals surface area contributed by atoms with E-state index in [1.54, 1.807) is 6.07 Å². The standard InChI is InChI=1S/C13H18F2N2/c14-12-4-1-10(9-13(12)15)5-6-16-7-8-17-11-2-3-11/h1,4,9,11,16-17H,2-3,5-8H2. The minimum Gasteiger partial charge on any atom is -0.315 e. The predicted molar refractivity (Wildman–Crippen MR) is 64.0 cm³/mol. The summed E-state index contributed by atoms with van der Waals surface area (Å²) in [6.07, 6.45) is 3.32. The molecule has 0 aromatic heterocycles. The molecule has 1 aliphatic carbocycles. The lowest BCUT2D eigenvalue weighted by atomic mass is 10.1. The van der Waals surface area contributed by atoms with Crippen LogP contribution in [0.15, 0.2) is 18.2 Å². The molecule has 4 heteroatoms. The first-order valence-corrected chi connectivity index (χ1v) is 6.14. The number of halogens is 2. The van der Waals surface area contributed by atoms with Gasteiger partial charge in [0.25, 0.3) is 0 Å². The molecule has 0 unspecified atom stereocenters. The van der Waals surface area contributed by atoms with Crippen LogP contribution in [0.4, 0.5) is 8.78 Å². The van der Waals surface area contributed by atoms with E-state index in [4.69, 9.17) is 0 Å². The van der Waals surface area contributed by atoms with Crippen LogP contribution in [0, 0.1) is 11.6 Å². The highest BCUT2D eigenvalue weighted by Crippen LogP contribution is 2.17. The largest absolute Gasteiger partial charge is 0.315 e. The molecular weight excluding hydrogens is 222 g/mol. The number of hydrogen-bond acceptors (Lipinski definition) is 2. The van der Waals surface area contributed by atoms with E-state index in [1.165, 1.54) is 25.0 Å². The predicted octanol–water partition coefficient (Wildman–Crippen LogP) is 1.85. The summed E-state index contributed by atoms with van der Waals surface area (Å²) < 4.78 is 25.6. The van der Waals surface area contributed by atoms with Gasteiger partial charge in [-0.25, -0.2) is 8.78 Å². The molecule has 1 aliphatic rings. The van der Waals surface area contributed by atoms with Crippen molar-refractivity contribution in [3.05, 3.63) is 35.4 Å². The normalized spacial score (nSPS) is 15.2. The van der Waals surface area contributed by atoms with Gasteiger partial charge in [-0.05, 0) is 43.5 Å². The lowest BCUT2D eigenvalue weighted by Gasteiger charge is -2.06. The van der Waals surface area contributed by atoms with Crippen LogP contribution in [-0.4, -0.2) is 25.7 Å². The van der Waals surface area contributed by atoms with Crippen molar-refractivity contribution in [2.75, 3.05) is 19.6 Å². The van der Waals surface area contributed by atoms with Crippen molar-refractivity contribution < 1.29 is 8.78 Å². The van der Waals surface area contributed by atoms with Crippen molar-refractivity contribution in [2.24, 2.45) is 0 Å². The van der Waals surface area contributed by atoms with E-state index in [1.807, 2.05) is 0 Å². The van der Waals surface area contributed by atoms with Crippen LogP contribution in [0.2, 0.25) is 0 Å². The minimum absolute atomic E-state index is 0.723. The highest BCUT2D eigenvalue weighted by molar-refractivity contribution is 5.17. The van der Waals surface area contributed by atoms with Crippen LogP contribution in [0.1, 0.15) is 18.4 Å². The Morgan fingerprint density at radius 3 is 2.59 bits per heavy atom. The number of benzene rings is 1. The maximum absolute atomic E-state index is 12.9. The summed E-state index contributed by atoms with van der Waals surface area (Å²) in [5.74, 6) is -1.55. The van der Waals surface area contributed by atoms with Gasteiger partial charge in [0.2, 0.25) is 0 Å². The van der Waals surface area contributed by atoms with Gasteiger partial charge in [0.15, 0.2) is 11.6 Å². The van der Waals surface area contributed by atoms with E-state index in [9.17, 15) is 8.78 Å². The molecule has 0 saturated heterocycles. The molecule has 0 bridgehead atoms. The first-order chi connectivity index (χ1) is 8.25. The summed E-state index contributed by atoms with van der Waals surface area (Å²) >= 11 is 0. The molecule has 1 saturated carbocycles. The zero-order valence-electron chi connectivity index (χ0n) is 9.81. The first kappa shape index (κ1) is 12.5. The average molecular weight is 240 g/mol. The Bertz CT molecular complexity index is 364. The Morgan fingerprint density at radius 1 is 1.06 bits per heavy atom. The molecule has 1 fully saturated rings. The van der Waals surface area contributed by atoms with Crippen LogP contribution >= 0.6 is 0 Å². The molecular formula is C13H18F2N2. The summed E-state index contributed by atoms with van der Waals surface area (Å²) in [4.78, 5) is 0. The van der Waals surface area contributed by atoms with Crippen LogP contribution in [0.5, 0.6) is 0 Å². The zero-order chi connectivity index (χ0) is 12.1. The second-order valence-electron chi connectivity index (χ2n) is 4.48. The Morgan fingerprint density at radius 2 is 1.88 bits per heavy atom. The van der Waals surface area contributed by atoms with Crippen LogP contribution in [0.25, 0.3) is 0 Å². The molecule has 94 valence electrons. The summed E-state index contributed by atoms with van der Waals surface area (Å²) in [6.45, 7) is 2.68. The smallest absolute Gasteiger partial charge is 0.159 e. The molecule has 0 atom stereocenters. The second kappa shape index (κ2) is 6.07. The topological polar surface area (TPSA) is 24.1 Å². The van der Waals surface area contributed by atoms with Crippen LogP contribution < -0.4 is 10.6 Å². The average Bonchev–Trinajstić information content (AvgIpc) is 3.12. The van der Waals surface area contributed by atoms with Gasteiger partial charge >= 0.3 is 0 Å². The van der Waals surface area contributed by atoms with Crippen molar-refractivity contribution in [1.29, 1.82) is 0 Å². The van der Waals surface area contributed by atoms with Gasteiger partial charge < -0.3 is 10.6 Å². The highest BCUT2D eigenvalue weighted by Gasteiger charge is 2.19. The van der Waals surface area contributed by atoms with Crippen molar-refractivity contribution in [3.8, 4) is 0 Å². The third kappa shape index (κ3) is 4.40. The Hall–Kier alpha value is -1.00. The Labute approximate surface area is 100 Å². The molecule has 2 N–H and O–H groups in total. The number of nitrogens with one attached hydrogen (secondary N) is 2. The van der Waals surface area contributed by atoms with E-state index < -0.39 is 11.6 Å². The second-order valence-corrected chi connectivity index (χ2v) is 4.48. The zero-order valence-corrected chi connectivity index (χ0v) is 9.81. The summed E-state index contributed by atoms with van der Waals surface area (Å²) in [7, 11) is 0. The molecule has 17 heavy (non-hydrogen) atoms. The van der Waals surface area contributed by atoms with Gasteiger partial charge in [0, 0.05) is 19.1 Å². The molecule has 2 rings (SSSR count). The SMILES string of the molecule is Fc1ccc(CCNCCNC2CC2)cc1F. The van der Waals surface area contributed by atoms with E-state index in [-0.39, 0.29) is 0 Å². The number of hydrogen-bond donors (Lipinski definition) is 2. The highest BCUT2D eigenvalue weighted by atomic mass is 19.2. The molecule has 0 radical (unpaired) electrons. The fourth-order valence-corrected chi connectivity index (χ4v) is 1.71. The maximum Gasteiger partial charge on any atom is 0.159 e. The molecule has 0 heterocycles. The van der Waals surface area contributed by atoms with Gasteiger partial charge in [-0.2, -0.15) is 0 Å². The van der Waals surface area contributed by atoms with Gasteiger partial charge in [0.1, 0.15) is 0 Å². The van der Waals surface area contributed by atoms with Gasteiger partial charge in [-0.1, -0.05) is 6.07 Å². The van der Waals surface area contributed by atoms with Gasteiger partial charge in [0.05, 0.1) is 0 Å². The van der Waals surface area contributed by atoms with Crippen molar-refractivity contribution in [2.45, 2.75) is 25.3 Å². The monoisotopic (exact) mass is 240 g/mol. The van der Waals surface area contributed by atoms with Crippen LogP contribution in [0.3, 0.4) is 0 Å². The molecule has 1 aromatic rings. The molecule has 0 amide bonds. The molecule has 1 aromatic carbocycles. The molecule has 2 nitrogen and oxygen atoms in total. The summed E-state index contributed by atoms with van der Waals surface area (Å²) in [5, 5.41) is 6.67. The maximum atomic E-state index is 12.9. The summed E-state index contributed by atoms with van der Waals surface area (Å²) in [5.41, 5.74) is 0.826. The number of rotatable bonds is 7. The van der Waals surface area contributed by atoms with E-state index in [0.717, 1.165) is 37.7 Å². The first-order valence-electron chi connectivity index (χ1n) is 6.14. The third-order valence-electron chi connectivity index (χ3n) is 2.89. The Kier molecular flexibility index (Phi) is 4.45. The van der Waals surface area contributed by atoms with Crippen LogP contribution in [-0.2, 0) is 6.42 Å². The lowest BCUT2D eigenvalue weighted by molar-refractivity contribution is 0.506. The van der Waals surface area contributed by atoms with Gasteiger partial charge in [-0.15, -0.1) is 0 Å². The molecule has 0 spiro atoms. The molecule has 0 aliphatic heterocycles. The third-order valence-corrected chi connectivity index (χ3v) is 2.89. The fraction of sp³-hybridized carbons (Fsp3) is 0.538. The Balaban J connectivity index is 1.58. The van der Waals surface area contributed by atoms with Crippen molar-refractivity contribution in [1.82, 2.24) is 10.6 Å². The van der Waals surface area contributed by atoms with Crippen molar-refractivity contribution in [3.63, 3.8) is 0 Å². The quantitative estimate of drug-likeness (QED) is 0.711. The van der Waals surface area contributed by atoms with E-state index in [0.29, 0.717) is 0 Å². The van der Waals surface area contributed by atoms with E-state index in [2.05, 4.69) is 10.6 Å². The minimum atomic E-state index is -0.782. The van der Waals surface area contributed by atoms with E-state index >= 15 is 0 Å². The fourth-order valence-electron chi connectivity index (χ4n) is 1.71. The van der Waals surface area contributed by atoms with Crippen molar-refractivity contribution >= 4 is 0 Å². The lowest BCUT2D eigenvalue weighted by Crippen LogP contribution is -2.29. The summed E-state index contributed by atoms with van der Waals surface area (Å²) in [6, 6.07) is 4.81.